The zero-order valence-electron chi connectivity index (χ0n) is 10.2. The number of hydrogen-bond donors (Lipinski definition) is 1. The lowest BCUT2D eigenvalue weighted by molar-refractivity contribution is 0.248. The molecule has 1 aliphatic rings. The molecule has 2 rings (SSSR count). The number of nitrogens with one attached hydrogen (secondary N) is 1. The van der Waals surface area contributed by atoms with Gasteiger partial charge in [-0.1, -0.05) is 13.3 Å². The summed E-state index contributed by atoms with van der Waals surface area (Å²) < 4.78 is 0. The van der Waals surface area contributed by atoms with E-state index in [1.54, 1.807) is 11.3 Å². The second kappa shape index (κ2) is 5.75. The number of nitrogens with zero attached hydrogens (tertiary/aromatic N) is 2. The maximum absolute atomic E-state index is 4.67. The lowest BCUT2D eigenvalue weighted by Gasteiger charge is -2.21. The van der Waals surface area contributed by atoms with Gasteiger partial charge in [-0.15, -0.1) is 11.3 Å². The fraction of sp³-hybridized carbons (Fsp3) is 0.750. The molecule has 1 N–H and O–H groups in total. The van der Waals surface area contributed by atoms with Gasteiger partial charge in [0, 0.05) is 18.0 Å². The summed E-state index contributed by atoms with van der Waals surface area (Å²) >= 11 is 1.80. The largest absolute Gasteiger partial charge is 0.315 e. The molecule has 0 aromatic carbocycles. The van der Waals surface area contributed by atoms with E-state index in [2.05, 4.69) is 34.6 Å². The van der Waals surface area contributed by atoms with Gasteiger partial charge < -0.3 is 5.32 Å². The van der Waals surface area contributed by atoms with E-state index in [9.17, 15) is 0 Å². The summed E-state index contributed by atoms with van der Waals surface area (Å²) in [6.45, 7) is 5.49. The first kappa shape index (κ1) is 12.0. The van der Waals surface area contributed by atoms with Crippen LogP contribution < -0.4 is 5.32 Å². The Morgan fingerprint density at radius 3 is 3.19 bits per heavy atom. The Kier molecular flexibility index (Phi) is 4.32. The van der Waals surface area contributed by atoms with Crippen molar-refractivity contribution in [3.63, 3.8) is 0 Å². The van der Waals surface area contributed by atoms with Crippen LogP contribution in [0.4, 0.5) is 0 Å². The summed E-state index contributed by atoms with van der Waals surface area (Å²) in [4.78, 5) is 7.09. The van der Waals surface area contributed by atoms with Crippen LogP contribution in [0.25, 0.3) is 0 Å². The van der Waals surface area contributed by atoms with Crippen LogP contribution in [-0.2, 0) is 13.0 Å². The number of aryl methyl sites for hydroxylation is 1. The van der Waals surface area contributed by atoms with E-state index in [1.807, 2.05) is 0 Å². The lowest BCUT2D eigenvalue weighted by Crippen LogP contribution is -2.32. The molecule has 1 atom stereocenters. The van der Waals surface area contributed by atoms with Gasteiger partial charge in [-0.2, -0.15) is 0 Å². The van der Waals surface area contributed by atoms with Crippen molar-refractivity contribution in [2.24, 2.45) is 0 Å². The number of likely N-dealkylation sites (N-methyl/N-ethyl adjacent to an activating group) is 1. The van der Waals surface area contributed by atoms with E-state index in [-0.39, 0.29) is 0 Å². The first-order valence-electron chi connectivity index (χ1n) is 6.14. The minimum absolute atomic E-state index is 0.693. The van der Waals surface area contributed by atoms with Crippen molar-refractivity contribution < 1.29 is 0 Å². The third-order valence-corrected chi connectivity index (χ3v) is 4.03. The van der Waals surface area contributed by atoms with Crippen molar-refractivity contribution in [1.29, 1.82) is 0 Å². The molecular formula is C12H21N3S. The zero-order chi connectivity index (χ0) is 11.4. The van der Waals surface area contributed by atoms with Crippen molar-refractivity contribution >= 4 is 11.3 Å². The van der Waals surface area contributed by atoms with E-state index < -0.39 is 0 Å². The fourth-order valence-corrected chi connectivity index (χ4v) is 3.04. The SMILES string of the molecule is CCCc1csc(CN(C)C2CCNC2)n1. The number of hydrogen-bond acceptors (Lipinski definition) is 4. The van der Waals surface area contributed by atoms with E-state index in [4.69, 9.17) is 0 Å². The molecule has 3 nitrogen and oxygen atoms in total. The van der Waals surface area contributed by atoms with Gasteiger partial charge in [0.2, 0.25) is 0 Å². The fourth-order valence-electron chi connectivity index (χ4n) is 2.15. The molecule has 1 aliphatic heterocycles. The van der Waals surface area contributed by atoms with Crippen molar-refractivity contribution in [2.45, 2.75) is 38.8 Å². The predicted molar refractivity (Wildman–Crippen MR) is 68.9 cm³/mol. The molecule has 1 saturated heterocycles. The molecular weight excluding hydrogens is 218 g/mol. The van der Waals surface area contributed by atoms with Crippen LogP contribution in [0, 0.1) is 0 Å². The molecule has 0 spiro atoms. The molecule has 0 amide bonds. The number of rotatable bonds is 5. The number of aromatic nitrogens is 1. The summed E-state index contributed by atoms with van der Waals surface area (Å²) in [6.07, 6.45) is 3.57. The summed E-state index contributed by atoms with van der Waals surface area (Å²) in [5.74, 6) is 0. The minimum Gasteiger partial charge on any atom is -0.315 e. The van der Waals surface area contributed by atoms with Crippen LogP contribution in [0.3, 0.4) is 0 Å². The highest BCUT2D eigenvalue weighted by Crippen LogP contribution is 2.16. The summed E-state index contributed by atoms with van der Waals surface area (Å²) in [5.41, 5.74) is 1.26. The lowest BCUT2D eigenvalue weighted by atomic mass is 10.2. The molecule has 2 heterocycles. The van der Waals surface area contributed by atoms with Crippen LogP contribution in [0.15, 0.2) is 5.38 Å². The third kappa shape index (κ3) is 3.03. The van der Waals surface area contributed by atoms with Gasteiger partial charge in [-0.25, -0.2) is 4.98 Å². The molecule has 0 radical (unpaired) electrons. The maximum atomic E-state index is 4.67. The average Bonchev–Trinajstić information content (AvgIpc) is 2.89. The maximum Gasteiger partial charge on any atom is 0.107 e. The standard InChI is InChI=1S/C12H21N3S/c1-3-4-10-9-16-12(14-10)8-15(2)11-5-6-13-7-11/h9,11,13H,3-8H2,1-2H3. The average molecular weight is 239 g/mol. The zero-order valence-corrected chi connectivity index (χ0v) is 11.0. The molecule has 0 aliphatic carbocycles. The summed E-state index contributed by atoms with van der Waals surface area (Å²) in [5, 5.41) is 6.88. The van der Waals surface area contributed by atoms with E-state index in [0.29, 0.717) is 6.04 Å². The summed E-state index contributed by atoms with van der Waals surface area (Å²) in [6, 6.07) is 0.693. The van der Waals surface area contributed by atoms with Gasteiger partial charge in [0.05, 0.1) is 12.2 Å². The Labute approximate surface area is 102 Å². The van der Waals surface area contributed by atoms with Crippen molar-refractivity contribution in [2.75, 3.05) is 20.1 Å². The van der Waals surface area contributed by atoms with Gasteiger partial charge in [0.25, 0.3) is 0 Å². The van der Waals surface area contributed by atoms with Crippen LogP contribution in [0.2, 0.25) is 0 Å². The quantitative estimate of drug-likeness (QED) is 0.850. The Bertz CT molecular complexity index is 318. The highest BCUT2D eigenvalue weighted by Gasteiger charge is 2.19. The van der Waals surface area contributed by atoms with Crippen molar-refractivity contribution in [3.05, 3.63) is 16.1 Å². The molecule has 16 heavy (non-hydrogen) atoms. The van der Waals surface area contributed by atoms with Crippen LogP contribution in [-0.4, -0.2) is 36.1 Å². The Morgan fingerprint density at radius 2 is 2.50 bits per heavy atom. The highest BCUT2D eigenvalue weighted by molar-refractivity contribution is 7.09. The van der Waals surface area contributed by atoms with E-state index in [0.717, 1.165) is 26.1 Å². The van der Waals surface area contributed by atoms with Gasteiger partial charge in [-0.3, -0.25) is 4.90 Å². The van der Waals surface area contributed by atoms with Crippen LogP contribution in [0.1, 0.15) is 30.5 Å². The Hall–Kier alpha value is -0.450. The highest BCUT2D eigenvalue weighted by atomic mass is 32.1. The molecule has 1 aromatic rings. The summed E-state index contributed by atoms with van der Waals surface area (Å²) in [7, 11) is 2.21. The Balaban J connectivity index is 1.87. The van der Waals surface area contributed by atoms with Crippen LogP contribution >= 0.6 is 11.3 Å². The smallest absolute Gasteiger partial charge is 0.107 e. The predicted octanol–water partition coefficient (Wildman–Crippen LogP) is 1.89. The normalized spacial score (nSPS) is 20.8. The monoisotopic (exact) mass is 239 g/mol. The molecule has 1 fully saturated rings. The molecule has 90 valence electrons. The van der Waals surface area contributed by atoms with Crippen LogP contribution in [0.5, 0.6) is 0 Å². The van der Waals surface area contributed by atoms with Gasteiger partial charge in [0.15, 0.2) is 0 Å². The minimum atomic E-state index is 0.693. The second-order valence-corrected chi connectivity index (χ2v) is 5.49. The van der Waals surface area contributed by atoms with E-state index in [1.165, 1.54) is 23.5 Å². The molecule has 0 bridgehead atoms. The van der Waals surface area contributed by atoms with Gasteiger partial charge in [-0.05, 0) is 26.4 Å². The van der Waals surface area contributed by atoms with E-state index >= 15 is 0 Å². The second-order valence-electron chi connectivity index (χ2n) is 4.54. The van der Waals surface area contributed by atoms with Crippen molar-refractivity contribution in [1.82, 2.24) is 15.2 Å². The first-order chi connectivity index (χ1) is 7.79. The van der Waals surface area contributed by atoms with Gasteiger partial charge >= 0.3 is 0 Å². The molecule has 1 aromatic heterocycles. The van der Waals surface area contributed by atoms with Gasteiger partial charge in [0.1, 0.15) is 5.01 Å². The third-order valence-electron chi connectivity index (χ3n) is 3.15. The van der Waals surface area contributed by atoms with Crippen molar-refractivity contribution in [3.8, 4) is 0 Å². The first-order valence-corrected chi connectivity index (χ1v) is 7.01. The molecule has 4 heteroatoms. The number of thiazole rings is 1. The molecule has 1 unspecified atom stereocenters. The topological polar surface area (TPSA) is 28.2 Å². The molecule has 0 saturated carbocycles. The Morgan fingerprint density at radius 1 is 1.62 bits per heavy atom.